The lowest BCUT2D eigenvalue weighted by Gasteiger charge is -2.16. The molecule has 0 spiro atoms. The number of benzene rings is 2. The second kappa shape index (κ2) is 9.70. The summed E-state index contributed by atoms with van der Waals surface area (Å²) in [5.74, 6) is 0.0990. The normalized spacial score (nSPS) is 12.0. The van der Waals surface area contributed by atoms with E-state index in [0.29, 0.717) is 39.5 Å². The fraction of sp³-hybridized carbons (Fsp3) is 0.103. The zero-order chi connectivity index (χ0) is 26.1. The molecule has 6 aromatic rings. The van der Waals surface area contributed by atoms with Crippen molar-refractivity contribution in [1.82, 2.24) is 20.3 Å². The molecule has 9 nitrogen and oxygen atoms in total. The summed E-state index contributed by atoms with van der Waals surface area (Å²) in [5.41, 5.74) is 4.26. The number of ether oxygens (including phenoxy) is 1. The third-order valence-corrected chi connectivity index (χ3v) is 6.33. The van der Waals surface area contributed by atoms with Gasteiger partial charge in [0.1, 0.15) is 17.4 Å². The predicted molar refractivity (Wildman–Crippen MR) is 140 cm³/mol. The first-order valence-electron chi connectivity index (χ1n) is 11.9. The number of rotatable bonds is 7. The maximum atomic E-state index is 13.3. The smallest absolute Gasteiger partial charge is 0.328 e. The van der Waals surface area contributed by atoms with E-state index >= 15 is 0 Å². The molecule has 6 rings (SSSR count). The molecule has 0 aliphatic rings. The SMILES string of the molecule is COC(=O)[C@H](Cc1c[nH]c2ccccc12)NC(=O)c1ccc2nc(-c3ccco3)c(-c3ccco3)nc2c1. The van der Waals surface area contributed by atoms with Crippen LogP contribution in [0.1, 0.15) is 15.9 Å². The number of aromatic amines is 1. The Morgan fingerprint density at radius 1 is 0.921 bits per heavy atom. The average molecular weight is 507 g/mol. The molecule has 0 saturated carbocycles. The Morgan fingerprint density at radius 3 is 2.32 bits per heavy atom. The fourth-order valence-corrected chi connectivity index (χ4v) is 4.46. The number of esters is 1. The maximum absolute atomic E-state index is 13.3. The van der Waals surface area contributed by atoms with Crippen LogP contribution in [0.2, 0.25) is 0 Å². The lowest BCUT2D eigenvalue weighted by atomic mass is 10.0. The third kappa shape index (κ3) is 4.30. The Hall–Kier alpha value is -5.18. The number of amides is 1. The third-order valence-electron chi connectivity index (χ3n) is 6.33. The number of nitrogens with one attached hydrogen (secondary N) is 2. The maximum Gasteiger partial charge on any atom is 0.328 e. The number of H-pyrrole nitrogens is 1. The van der Waals surface area contributed by atoms with Crippen molar-refractivity contribution < 1.29 is 23.2 Å². The van der Waals surface area contributed by atoms with E-state index < -0.39 is 17.9 Å². The van der Waals surface area contributed by atoms with Crippen LogP contribution >= 0.6 is 0 Å². The van der Waals surface area contributed by atoms with Crippen molar-refractivity contribution in [1.29, 1.82) is 0 Å². The summed E-state index contributed by atoms with van der Waals surface area (Å²) in [6, 6.07) is 19.0. The molecule has 0 aliphatic carbocycles. The summed E-state index contributed by atoms with van der Waals surface area (Å²) < 4.78 is 16.1. The van der Waals surface area contributed by atoms with Crippen molar-refractivity contribution in [2.24, 2.45) is 0 Å². The van der Waals surface area contributed by atoms with Crippen LogP contribution < -0.4 is 5.32 Å². The molecule has 2 aromatic carbocycles. The topological polar surface area (TPSA) is 123 Å². The number of carbonyl (C=O) groups is 2. The van der Waals surface area contributed by atoms with E-state index in [4.69, 9.17) is 23.5 Å². The van der Waals surface area contributed by atoms with Crippen molar-refractivity contribution in [3.05, 3.63) is 96.6 Å². The number of fused-ring (bicyclic) bond motifs is 2. The molecule has 2 N–H and O–H groups in total. The number of hydrogen-bond donors (Lipinski definition) is 2. The van der Waals surface area contributed by atoms with Crippen LogP contribution in [0.15, 0.2) is 94.3 Å². The number of nitrogens with zero attached hydrogens (tertiary/aromatic N) is 2. The number of carbonyl (C=O) groups excluding carboxylic acids is 2. The molecular formula is C29H22N4O5. The van der Waals surface area contributed by atoms with Gasteiger partial charge in [-0.1, -0.05) is 18.2 Å². The molecule has 0 bridgehead atoms. The van der Waals surface area contributed by atoms with E-state index in [1.165, 1.54) is 7.11 Å². The minimum absolute atomic E-state index is 0.269. The lowest BCUT2D eigenvalue weighted by molar-refractivity contribution is -0.142. The molecule has 0 aliphatic heterocycles. The molecule has 4 aromatic heterocycles. The first-order chi connectivity index (χ1) is 18.6. The summed E-state index contributed by atoms with van der Waals surface area (Å²) in [6.45, 7) is 0. The van der Waals surface area contributed by atoms with Crippen molar-refractivity contribution in [2.75, 3.05) is 7.11 Å². The van der Waals surface area contributed by atoms with Crippen LogP contribution in [0, 0.1) is 0 Å². The van der Waals surface area contributed by atoms with Gasteiger partial charge in [0.05, 0.1) is 30.7 Å². The van der Waals surface area contributed by atoms with E-state index in [1.54, 1.807) is 55.0 Å². The van der Waals surface area contributed by atoms with Gasteiger partial charge in [0, 0.05) is 29.1 Å². The number of furan rings is 2. The molecule has 1 atom stereocenters. The van der Waals surface area contributed by atoms with Gasteiger partial charge in [0.15, 0.2) is 11.5 Å². The number of para-hydroxylation sites is 1. The minimum Gasteiger partial charge on any atom is -0.467 e. The number of hydrogen-bond acceptors (Lipinski definition) is 7. The van der Waals surface area contributed by atoms with Gasteiger partial charge in [-0.15, -0.1) is 0 Å². The molecular weight excluding hydrogens is 484 g/mol. The van der Waals surface area contributed by atoms with E-state index in [-0.39, 0.29) is 6.42 Å². The summed E-state index contributed by atoms with van der Waals surface area (Å²) in [5, 5.41) is 3.80. The highest BCUT2D eigenvalue weighted by molar-refractivity contribution is 6.00. The van der Waals surface area contributed by atoms with E-state index in [9.17, 15) is 9.59 Å². The Kier molecular flexibility index (Phi) is 5.93. The lowest BCUT2D eigenvalue weighted by Crippen LogP contribution is -2.43. The monoisotopic (exact) mass is 506 g/mol. The van der Waals surface area contributed by atoms with Gasteiger partial charge in [0.25, 0.3) is 5.91 Å². The number of methoxy groups -OCH3 is 1. The van der Waals surface area contributed by atoms with Crippen LogP contribution in [0.3, 0.4) is 0 Å². The van der Waals surface area contributed by atoms with Crippen LogP contribution in [0.5, 0.6) is 0 Å². The first-order valence-corrected chi connectivity index (χ1v) is 11.9. The van der Waals surface area contributed by atoms with Gasteiger partial charge in [-0.3, -0.25) is 4.79 Å². The zero-order valence-electron chi connectivity index (χ0n) is 20.3. The van der Waals surface area contributed by atoms with Crippen molar-refractivity contribution in [2.45, 2.75) is 12.5 Å². The van der Waals surface area contributed by atoms with Crippen LogP contribution in [-0.4, -0.2) is 40.0 Å². The molecule has 9 heteroatoms. The van der Waals surface area contributed by atoms with Crippen LogP contribution in [-0.2, 0) is 16.0 Å². The van der Waals surface area contributed by atoms with E-state index in [0.717, 1.165) is 16.5 Å². The van der Waals surface area contributed by atoms with Gasteiger partial charge in [0.2, 0.25) is 0 Å². The molecule has 38 heavy (non-hydrogen) atoms. The Bertz CT molecular complexity index is 1750. The quantitative estimate of drug-likeness (QED) is 0.287. The summed E-state index contributed by atoms with van der Waals surface area (Å²) >= 11 is 0. The van der Waals surface area contributed by atoms with Gasteiger partial charge >= 0.3 is 5.97 Å². The molecule has 1 amide bonds. The Morgan fingerprint density at radius 2 is 1.63 bits per heavy atom. The van der Waals surface area contributed by atoms with Crippen molar-refractivity contribution in [3.8, 4) is 22.9 Å². The van der Waals surface area contributed by atoms with E-state index in [2.05, 4.69) is 10.3 Å². The highest BCUT2D eigenvalue weighted by Crippen LogP contribution is 2.31. The van der Waals surface area contributed by atoms with Gasteiger partial charge in [-0.2, -0.15) is 0 Å². The van der Waals surface area contributed by atoms with Crippen molar-refractivity contribution in [3.63, 3.8) is 0 Å². The second-order valence-corrected chi connectivity index (χ2v) is 8.69. The molecule has 0 saturated heterocycles. The van der Waals surface area contributed by atoms with Gasteiger partial charge < -0.3 is 23.9 Å². The largest absolute Gasteiger partial charge is 0.467 e. The highest BCUT2D eigenvalue weighted by Gasteiger charge is 2.25. The molecule has 0 fully saturated rings. The van der Waals surface area contributed by atoms with Crippen molar-refractivity contribution >= 4 is 33.8 Å². The van der Waals surface area contributed by atoms with E-state index in [1.807, 2.05) is 30.5 Å². The van der Waals surface area contributed by atoms with Crippen LogP contribution in [0.4, 0.5) is 0 Å². The number of aromatic nitrogens is 3. The highest BCUT2D eigenvalue weighted by atomic mass is 16.5. The second-order valence-electron chi connectivity index (χ2n) is 8.69. The molecule has 188 valence electrons. The fourth-order valence-electron chi connectivity index (χ4n) is 4.46. The standard InChI is InChI=1S/C29H22N4O5/c1-36-29(35)23(15-18-16-30-20-7-3-2-6-19(18)20)33-28(34)17-10-11-21-22(14-17)32-27(25-9-5-13-38-25)26(31-21)24-8-4-12-37-24/h2-14,16,23,30H,15H2,1H3,(H,33,34)/t23-/m0/s1. The summed E-state index contributed by atoms with van der Waals surface area (Å²) in [7, 11) is 1.30. The Labute approximate surface area is 216 Å². The molecule has 0 radical (unpaired) electrons. The van der Waals surface area contributed by atoms with Gasteiger partial charge in [-0.25, -0.2) is 14.8 Å². The predicted octanol–water partition coefficient (Wildman–Crippen LogP) is 5.15. The van der Waals surface area contributed by atoms with Gasteiger partial charge in [-0.05, 0) is 54.1 Å². The zero-order valence-corrected chi connectivity index (χ0v) is 20.3. The molecule has 4 heterocycles. The minimum atomic E-state index is -0.881. The summed E-state index contributed by atoms with van der Waals surface area (Å²) in [4.78, 5) is 38.5. The molecule has 0 unspecified atom stereocenters. The first kappa shape index (κ1) is 23.2. The summed E-state index contributed by atoms with van der Waals surface area (Å²) in [6.07, 6.45) is 5.22. The Balaban J connectivity index is 1.32. The average Bonchev–Trinajstić information content (AvgIpc) is 3.74. The van der Waals surface area contributed by atoms with Crippen LogP contribution in [0.25, 0.3) is 44.8 Å².